The molecule has 4 rings (SSSR count). The maximum absolute atomic E-state index is 12.7. The van der Waals surface area contributed by atoms with E-state index in [0.29, 0.717) is 16.5 Å². The molecule has 8 heteroatoms. The van der Waals surface area contributed by atoms with E-state index in [0.717, 1.165) is 41.8 Å². The Morgan fingerprint density at radius 3 is 2.88 bits per heavy atom. The second-order valence-corrected chi connectivity index (χ2v) is 8.02. The van der Waals surface area contributed by atoms with Gasteiger partial charge in [0.15, 0.2) is 0 Å². The summed E-state index contributed by atoms with van der Waals surface area (Å²) in [5.74, 6) is 1.40. The number of hydrogen-bond donors (Lipinski definition) is 3. The van der Waals surface area contributed by atoms with Crippen LogP contribution in [0.25, 0.3) is 10.9 Å². The molecule has 3 aromatic rings. The number of amidine groups is 1. The molecule has 0 saturated heterocycles. The minimum atomic E-state index is -0.370. The Morgan fingerprint density at radius 2 is 2.06 bits per heavy atom. The number of aromatic nitrogens is 1. The molecule has 1 aliphatic rings. The lowest BCUT2D eigenvalue weighted by atomic mass is 10.1. The summed E-state index contributed by atoms with van der Waals surface area (Å²) in [6, 6.07) is 12.6. The first-order valence-corrected chi connectivity index (χ1v) is 11.0. The van der Waals surface area contributed by atoms with Gasteiger partial charge in [0.05, 0.1) is 24.0 Å². The third kappa shape index (κ3) is 5.38. The molecule has 2 amide bonds. The van der Waals surface area contributed by atoms with Crippen LogP contribution in [0.15, 0.2) is 77.6 Å². The number of rotatable bonds is 6. The second-order valence-electron chi connectivity index (χ2n) is 7.58. The van der Waals surface area contributed by atoms with Crippen LogP contribution >= 0.6 is 11.6 Å². The molecule has 2 aromatic carbocycles. The highest BCUT2D eigenvalue weighted by Crippen LogP contribution is 2.29. The number of amides is 2. The van der Waals surface area contributed by atoms with Gasteiger partial charge >= 0.3 is 6.03 Å². The number of methoxy groups -OCH3 is 1. The highest BCUT2D eigenvalue weighted by atomic mass is 35.5. The van der Waals surface area contributed by atoms with Crippen molar-refractivity contribution in [1.29, 1.82) is 0 Å². The zero-order valence-corrected chi connectivity index (χ0v) is 19.3. The van der Waals surface area contributed by atoms with E-state index in [-0.39, 0.29) is 6.03 Å². The first kappa shape index (κ1) is 22.5. The van der Waals surface area contributed by atoms with Crippen LogP contribution in [0.3, 0.4) is 0 Å². The summed E-state index contributed by atoms with van der Waals surface area (Å²) in [6.45, 7) is 0.829. The molecule has 0 spiro atoms. The number of nitrogens with one attached hydrogen (secondary N) is 3. The fraction of sp³-hybridized carbons (Fsp3) is 0.200. The van der Waals surface area contributed by atoms with Gasteiger partial charge in [0.1, 0.15) is 11.6 Å². The van der Waals surface area contributed by atoms with Crippen LogP contribution < -0.4 is 20.7 Å². The van der Waals surface area contributed by atoms with E-state index >= 15 is 0 Å². The second kappa shape index (κ2) is 10.3. The molecular weight excluding hydrogens is 438 g/mol. The first-order valence-electron chi connectivity index (χ1n) is 10.6. The number of carbonyl (C=O) groups excluding carboxylic acids is 1. The van der Waals surface area contributed by atoms with Crippen molar-refractivity contribution in [2.24, 2.45) is 4.99 Å². The zero-order chi connectivity index (χ0) is 23.2. The Labute approximate surface area is 197 Å². The van der Waals surface area contributed by atoms with Gasteiger partial charge in [-0.25, -0.2) is 4.79 Å². The number of hydrogen-bond acceptors (Lipinski definition) is 3. The molecule has 0 fully saturated rings. The van der Waals surface area contributed by atoms with Crippen molar-refractivity contribution in [2.45, 2.75) is 19.4 Å². The molecule has 2 heterocycles. The molecule has 7 nitrogen and oxygen atoms in total. The molecule has 0 bridgehead atoms. The van der Waals surface area contributed by atoms with Crippen molar-refractivity contribution >= 4 is 45.7 Å². The van der Waals surface area contributed by atoms with Crippen LogP contribution in [0.5, 0.6) is 5.75 Å². The number of nitrogens with zero attached hydrogens (tertiary/aromatic N) is 2. The van der Waals surface area contributed by atoms with Crippen LogP contribution in [0, 0.1) is 0 Å². The summed E-state index contributed by atoms with van der Waals surface area (Å²) in [5.41, 5.74) is 3.59. The average Bonchev–Trinajstić information content (AvgIpc) is 3.08. The van der Waals surface area contributed by atoms with Gasteiger partial charge in [0, 0.05) is 30.2 Å². The maximum Gasteiger partial charge on any atom is 0.323 e. The predicted octanol–water partition coefficient (Wildman–Crippen LogP) is 5.80. The van der Waals surface area contributed by atoms with E-state index in [9.17, 15) is 4.79 Å². The number of benzene rings is 2. The number of urea groups is 1. The lowest BCUT2D eigenvalue weighted by Gasteiger charge is -2.12. The Bertz CT molecular complexity index is 1260. The fourth-order valence-electron chi connectivity index (χ4n) is 3.80. The van der Waals surface area contributed by atoms with E-state index in [4.69, 9.17) is 16.3 Å². The van der Waals surface area contributed by atoms with Gasteiger partial charge in [-0.2, -0.15) is 0 Å². The van der Waals surface area contributed by atoms with Crippen LogP contribution in [-0.2, 0) is 6.54 Å². The summed E-state index contributed by atoms with van der Waals surface area (Å²) >= 11 is 6.06. The molecule has 0 radical (unpaired) electrons. The van der Waals surface area contributed by atoms with Crippen LogP contribution in [-0.4, -0.2) is 30.6 Å². The lowest BCUT2D eigenvalue weighted by molar-refractivity contribution is 0.262. The Balaban J connectivity index is 1.48. The van der Waals surface area contributed by atoms with Crippen molar-refractivity contribution in [3.8, 4) is 5.75 Å². The molecule has 0 atom stereocenters. The van der Waals surface area contributed by atoms with Crippen LogP contribution in [0.1, 0.15) is 12.8 Å². The highest BCUT2D eigenvalue weighted by Gasteiger charge is 2.12. The summed E-state index contributed by atoms with van der Waals surface area (Å²) in [5, 5.41) is 10.4. The van der Waals surface area contributed by atoms with Crippen LogP contribution in [0.4, 0.5) is 16.2 Å². The van der Waals surface area contributed by atoms with Crippen molar-refractivity contribution in [3.63, 3.8) is 0 Å². The quantitative estimate of drug-likeness (QED) is 0.432. The van der Waals surface area contributed by atoms with Crippen molar-refractivity contribution < 1.29 is 9.53 Å². The third-order valence-electron chi connectivity index (χ3n) is 5.46. The van der Waals surface area contributed by atoms with Crippen molar-refractivity contribution in [1.82, 2.24) is 9.88 Å². The highest BCUT2D eigenvalue weighted by molar-refractivity contribution is 6.31. The average molecular weight is 464 g/mol. The topological polar surface area (TPSA) is 79.7 Å². The minimum Gasteiger partial charge on any atom is -0.495 e. The van der Waals surface area contributed by atoms with Crippen LogP contribution in [0.2, 0.25) is 5.02 Å². The van der Waals surface area contributed by atoms with Gasteiger partial charge in [-0.1, -0.05) is 29.3 Å². The summed E-state index contributed by atoms with van der Waals surface area (Å²) in [4.78, 5) is 16.9. The van der Waals surface area contributed by atoms with Gasteiger partial charge in [-0.05, 0) is 61.5 Å². The van der Waals surface area contributed by atoms with Gasteiger partial charge in [-0.3, -0.25) is 4.99 Å². The molecule has 33 heavy (non-hydrogen) atoms. The first-order chi connectivity index (χ1) is 16.1. The van der Waals surface area contributed by atoms with E-state index in [1.807, 2.05) is 30.6 Å². The number of ether oxygens (including phenoxy) is 1. The zero-order valence-electron chi connectivity index (χ0n) is 18.6. The fourth-order valence-corrected chi connectivity index (χ4v) is 3.97. The molecule has 1 aliphatic heterocycles. The largest absolute Gasteiger partial charge is 0.495 e. The van der Waals surface area contributed by atoms with E-state index < -0.39 is 0 Å². The van der Waals surface area contributed by atoms with E-state index in [1.54, 1.807) is 32.4 Å². The van der Waals surface area contributed by atoms with Crippen molar-refractivity contribution in [3.05, 3.63) is 77.6 Å². The molecule has 1 aromatic heterocycles. The molecule has 170 valence electrons. The number of aliphatic imine (C=N–C) groups is 1. The number of aryl methyl sites for hydroxylation is 1. The summed E-state index contributed by atoms with van der Waals surface area (Å²) in [7, 11) is 3.33. The molecule has 0 saturated carbocycles. The van der Waals surface area contributed by atoms with Gasteiger partial charge < -0.3 is 25.3 Å². The maximum atomic E-state index is 12.7. The predicted molar refractivity (Wildman–Crippen MR) is 136 cm³/mol. The standard InChI is InChI=1S/C25H26ClN5O2/c1-27-24-15-17(5-4-12-28-24)10-13-31-14-11-19-20(6-3-7-22(19)31)29-25(32)30-21-16-18(26)8-9-23(21)33-2/h3-4,6-9,11-12,14-16H,5,10,13H2,1-2H3,(H,27,28)(H2,29,30,32). The van der Waals surface area contributed by atoms with Gasteiger partial charge in [-0.15, -0.1) is 0 Å². The van der Waals surface area contributed by atoms with Gasteiger partial charge in [0.25, 0.3) is 0 Å². The van der Waals surface area contributed by atoms with Crippen molar-refractivity contribution in [2.75, 3.05) is 24.8 Å². The normalized spacial score (nSPS) is 14.5. The van der Waals surface area contributed by atoms with Gasteiger partial charge in [0.2, 0.25) is 0 Å². The lowest BCUT2D eigenvalue weighted by Crippen LogP contribution is -2.20. The summed E-state index contributed by atoms with van der Waals surface area (Å²) in [6.07, 6.45) is 9.99. The number of halogens is 1. The third-order valence-corrected chi connectivity index (χ3v) is 5.69. The Hall–Kier alpha value is -3.71. The number of carbonyl (C=O) groups is 1. The number of allylic oxidation sites excluding steroid dienone is 2. The smallest absolute Gasteiger partial charge is 0.323 e. The molecule has 3 N–H and O–H groups in total. The molecule has 0 unspecified atom stereocenters. The molecule has 0 aliphatic carbocycles. The molecular formula is C25H26ClN5O2. The van der Waals surface area contributed by atoms with E-state index in [2.05, 4.69) is 43.7 Å². The number of anilines is 2. The Morgan fingerprint density at radius 1 is 1.21 bits per heavy atom. The Kier molecular flexibility index (Phi) is 7.00. The minimum absolute atomic E-state index is 0.370. The van der Waals surface area contributed by atoms with E-state index in [1.165, 1.54) is 5.57 Å². The summed E-state index contributed by atoms with van der Waals surface area (Å²) < 4.78 is 7.50. The monoisotopic (exact) mass is 463 g/mol. The number of fused-ring (bicyclic) bond motifs is 1. The SMILES string of the molecule is CN=C1C=C(CCn2ccc3c(NC(=O)Nc4cc(Cl)ccc4OC)cccc32)CC=CN1.